The van der Waals surface area contributed by atoms with Crippen molar-refractivity contribution in [3.63, 3.8) is 0 Å². The molecule has 1 rings (SSSR count). The molecular weight excluding hydrogens is 315 g/mol. The molecule has 7 heteroatoms. The molecule has 0 fully saturated rings. The summed E-state index contributed by atoms with van der Waals surface area (Å²) in [6.45, 7) is 5.22. The van der Waals surface area contributed by atoms with Gasteiger partial charge in [-0.1, -0.05) is 18.2 Å². The molecule has 6 nitrogen and oxygen atoms in total. The topological polar surface area (TPSA) is 67.9 Å². The van der Waals surface area contributed by atoms with Gasteiger partial charge in [-0.15, -0.1) is 0 Å². The van der Waals surface area contributed by atoms with Gasteiger partial charge in [0.15, 0.2) is 0 Å². The summed E-state index contributed by atoms with van der Waals surface area (Å²) in [5, 5.41) is 3.69. The molecule has 0 unspecified atom stereocenters. The van der Waals surface area contributed by atoms with Crippen LogP contribution in [-0.2, 0) is 20.8 Å². The Balaban J connectivity index is 2.84. The van der Waals surface area contributed by atoms with E-state index >= 15 is 0 Å². The van der Waals surface area contributed by atoms with E-state index in [1.54, 1.807) is 39.0 Å². The van der Waals surface area contributed by atoms with Crippen LogP contribution in [0, 0.1) is 5.82 Å². The maximum absolute atomic E-state index is 13.9. The van der Waals surface area contributed by atoms with E-state index in [1.165, 1.54) is 20.2 Å². The van der Waals surface area contributed by atoms with Crippen molar-refractivity contribution in [1.82, 2.24) is 10.4 Å². The molecule has 0 aliphatic rings. The predicted octanol–water partition coefficient (Wildman–Crippen LogP) is 2.67. The number of nitrogens with zero attached hydrogens (tertiary/aromatic N) is 1. The molecule has 0 radical (unpaired) electrons. The zero-order valence-corrected chi connectivity index (χ0v) is 14.8. The lowest BCUT2D eigenvalue weighted by atomic mass is 10.0. The van der Waals surface area contributed by atoms with Gasteiger partial charge in [-0.05, 0) is 38.8 Å². The van der Waals surface area contributed by atoms with Crippen molar-refractivity contribution in [1.29, 1.82) is 0 Å². The van der Waals surface area contributed by atoms with Gasteiger partial charge in [-0.3, -0.25) is 9.63 Å². The Labute approximate surface area is 141 Å². The summed E-state index contributed by atoms with van der Waals surface area (Å²) in [6, 6.07) is 5.61. The largest absolute Gasteiger partial charge is 0.444 e. The number of carbonyl (C=O) groups excluding carboxylic acids is 2. The number of hydroxylamine groups is 2. The summed E-state index contributed by atoms with van der Waals surface area (Å²) in [6.07, 6.45) is -0.538. The van der Waals surface area contributed by atoms with Crippen LogP contribution >= 0.6 is 0 Å². The number of amides is 2. The molecule has 1 N–H and O–H groups in total. The number of benzene rings is 1. The van der Waals surface area contributed by atoms with Crippen LogP contribution in [0.3, 0.4) is 0 Å². The maximum Gasteiger partial charge on any atom is 0.407 e. The summed E-state index contributed by atoms with van der Waals surface area (Å²) in [4.78, 5) is 28.9. The number of nitrogens with one attached hydrogen (secondary N) is 1. The van der Waals surface area contributed by atoms with Crippen LogP contribution < -0.4 is 5.32 Å². The molecule has 0 spiro atoms. The van der Waals surface area contributed by atoms with Crippen molar-refractivity contribution in [2.24, 2.45) is 0 Å². The van der Waals surface area contributed by atoms with Gasteiger partial charge in [0.05, 0.1) is 7.11 Å². The summed E-state index contributed by atoms with van der Waals surface area (Å²) >= 11 is 0. The van der Waals surface area contributed by atoms with Gasteiger partial charge >= 0.3 is 6.09 Å². The molecule has 1 aromatic carbocycles. The van der Waals surface area contributed by atoms with Gasteiger partial charge in [0.1, 0.15) is 11.4 Å². The SMILES string of the molecule is CON(C)C(=O)C[C@@H](Cc1ccccc1F)NC(=O)OC(C)(C)C. The molecule has 0 aromatic heterocycles. The Morgan fingerprint density at radius 2 is 1.92 bits per heavy atom. The van der Waals surface area contributed by atoms with Crippen molar-refractivity contribution in [3.8, 4) is 0 Å². The minimum absolute atomic E-state index is 0.0437. The quantitative estimate of drug-likeness (QED) is 0.809. The van der Waals surface area contributed by atoms with E-state index in [1.807, 2.05) is 0 Å². The summed E-state index contributed by atoms with van der Waals surface area (Å²) in [7, 11) is 2.83. The molecule has 1 atom stereocenters. The molecule has 2 amide bonds. The third-order valence-electron chi connectivity index (χ3n) is 3.19. The first-order valence-electron chi connectivity index (χ1n) is 7.66. The van der Waals surface area contributed by atoms with E-state index in [-0.39, 0.29) is 24.6 Å². The van der Waals surface area contributed by atoms with Crippen LogP contribution in [0.25, 0.3) is 0 Å². The summed E-state index contributed by atoms with van der Waals surface area (Å²) in [5.41, 5.74) is -0.258. The van der Waals surface area contributed by atoms with Crippen molar-refractivity contribution in [3.05, 3.63) is 35.6 Å². The van der Waals surface area contributed by atoms with Crippen LogP contribution in [0.2, 0.25) is 0 Å². The van der Waals surface area contributed by atoms with Crippen molar-refractivity contribution >= 4 is 12.0 Å². The lowest BCUT2D eigenvalue weighted by Crippen LogP contribution is -2.43. The van der Waals surface area contributed by atoms with Crippen molar-refractivity contribution < 1.29 is 23.6 Å². The van der Waals surface area contributed by atoms with Gasteiger partial charge in [-0.25, -0.2) is 14.2 Å². The van der Waals surface area contributed by atoms with Gasteiger partial charge in [0.25, 0.3) is 0 Å². The fourth-order valence-electron chi connectivity index (χ4n) is 2.02. The summed E-state index contributed by atoms with van der Waals surface area (Å²) < 4.78 is 19.1. The molecule has 0 saturated carbocycles. The molecule has 0 bridgehead atoms. The molecule has 0 aliphatic carbocycles. The Bertz CT molecular complexity index is 572. The zero-order valence-electron chi connectivity index (χ0n) is 14.8. The third kappa shape index (κ3) is 6.95. The predicted molar refractivity (Wildman–Crippen MR) is 87.7 cm³/mol. The number of ether oxygens (including phenoxy) is 1. The third-order valence-corrected chi connectivity index (χ3v) is 3.19. The van der Waals surface area contributed by atoms with Gasteiger partial charge < -0.3 is 10.1 Å². The molecule has 1 aromatic rings. The number of carbonyl (C=O) groups is 2. The van der Waals surface area contributed by atoms with E-state index in [9.17, 15) is 14.0 Å². The van der Waals surface area contributed by atoms with Crippen LogP contribution in [0.15, 0.2) is 24.3 Å². The average molecular weight is 340 g/mol. The maximum atomic E-state index is 13.9. The Morgan fingerprint density at radius 1 is 1.29 bits per heavy atom. The first-order valence-corrected chi connectivity index (χ1v) is 7.66. The molecular formula is C17H25FN2O4. The fraction of sp³-hybridized carbons (Fsp3) is 0.529. The highest BCUT2D eigenvalue weighted by molar-refractivity contribution is 5.76. The molecule has 0 heterocycles. The average Bonchev–Trinajstić information content (AvgIpc) is 2.46. The number of alkyl carbamates (subject to hydrolysis) is 1. The number of rotatable bonds is 6. The smallest absolute Gasteiger partial charge is 0.407 e. The first kappa shape index (κ1) is 19.9. The van der Waals surface area contributed by atoms with Crippen molar-refractivity contribution in [2.45, 2.75) is 45.3 Å². The Kier molecular flexibility index (Phi) is 7.16. The van der Waals surface area contributed by atoms with Crippen LogP contribution in [-0.4, -0.2) is 42.9 Å². The lowest BCUT2D eigenvalue weighted by molar-refractivity contribution is -0.169. The second-order valence-electron chi connectivity index (χ2n) is 6.42. The highest BCUT2D eigenvalue weighted by Gasteiger charge is 2.23. The molecule has 0 aliphatic heterocycles. The second kappa shape index (κ2) is 8.63. The second-order valence-corrected chi connectivity index (χ2v) is 6.42. The molecule has 134 valence electrons. The van der Waals surface area contributed by atoms with Gasteiger partial charge in [-0.2, -0.15) is 0 Å². The van der Waals surface area contributed by atoms with Gasteiger partial charge in [0.2, 0.25) is 5.91 Å². The lowest BCUT2D eigenvalue weighted by Gasteiger charge is -2.24. The normalized spacial score (nSPS) is 12.4. The van der Waals surface area contributed by atoms with Gasteiger partial charge in [0, 0.05) is 19.5 Å². The van der Waals surface area contributed by atoms with E-state index in [0.717, 1.165) is 5.06 Å². The van der Waals surface area contributed by atoms with E-state index in [2.05, 4.69) is 5.32 Å². The zero-order chi connectivity index (χ0) is 18.3. The molecule has 24 heavy (non-hydrogen) atoms. The number of hydrogen-bond donors (Lipinski definition) is 1. The number of halogens is 1. The van der Waals surface area contributed by atoms with E-state index in [0.29, 0.717) is 5.56 Å². The Hall–Kier alpha value is -2.15. The monoisotopic (exact) mass is 340 g/mol. The minimum atomic E-state index is -0.667. The standard InChI is InChI=1S/C17H25FN2O4/c1-17(2,3)24-16(22)19-13(11-15(21)20(4)23-5)10-12-8-6-7-9-14(12)18/h6-9,13H,10-11H2,1-5H3,(H,19,22)/t13-/m1/s1. The number of hydrogen-bond acceptors (Lipinski definition) is 4. The van der Waals surface area contributed by atoms with Crippen LogP contribution in [0.5, 0.6) is 0 Å². The minimum Gasteiger partial charge on any atom is -0.444 e. The summed E-state index contributed by atoms with van der Waals surface area (Å²) in [5.74, 6) is -0.726. The van der Waals surface area contributed by atoms with Crippen LogP contribution in [0.4, 0.5) is 9.18 Å². The fourth-order valence-corrected chi connectivity index (χ4v) is 2.02. The van der Waals surface area contributed by atoms with Crippen molar-refractivity contribution in [2.75, 3.05) is 14.2 Å². The van der Waals surface area contributed by atoms with E-state index < -0.39 is 17.7 Å². The highest BCUT2D eigenvalue weighted by Crippen LogP contribution is 2.13. The first-order chi connectivity index (χ1) is 11.1. The Morgan fingerprint density at radius 3 is 2.46 bits per heavy atom. The molecule has 0 saturated heterocycles. The van der Waals surface area contributed by atoms with E-state index in [4.69, 9.17) is 9.57 Å². The highest BCUT2D eigenvalue weighted by atomic mass is 19.1. The van der Waals surface area contributed by atoms with Crippen LogP contribution in [0.1, 0.15) is 32.8 Å².